The number of rotatable bonds is 3. The smallest absolute Gasteiger partial charge is 0.429 e. The molecule has 9 heteroatoms. The Morgan fingerprint density at radius 2 is 2.04 bits per heavy atom. The summed E-state index contributed by atoms with van der Waals surface area (Å²) in [6.07, 6.45) is -4.47. The molecule has 0 bridgehead atoms. The molecule has 2 aromatic heterocycles. The molecule has 3 aromatic rings. The zero-order chi connectivity index (χ0) is 18.2. The average Bonchev–Trinajstić information content (AvgIpc) is 3.00. The van der Waals surface area contributed by atoms with Gasteiger partial charge in [-0.1, -0.05) is 33.6 Å². The van der Waals surface area contributed by atoms with Gasteiger partial charge in [0.05, 0.1) is 5.56 Å². The molecule has 0 aliphatic carbocycles. The summed E-state index contributed by atoms with van der Waals surface area (Å²) in [5, 5.41) is 0.210. The van der Waals surface area contributed by atoms with Gasteiger partial charge >= 0.3 is 12.1 Å². The minimum atomic E-state index is -4.82. The van der Waals surface area contributed by atoms with E-state index in [1.807, 2.05) is 0 Å². The molecular weight excluding hydrogens is 425 g/mol. The lowest BCUT2D eigenvalue weighted by Gasteiger charge is -2.22. The Labute approximate surface area is 153 Å². The van der Waals surface area contributed by atoms with E-state index in [9.17, 15) is 18.0 Å². The Morgan fingerprint density at radius 1 is 1.28 bits per heavy atom. The van der Waals surface area contributed by atoms with Crippen LogP contribution in [-0.2, 0) is 4.74 Å². The van der Waals surface area contributed by atoms with Crippen molar-refractivity contribution in [3.8, 4) is 0 Å². The molecule has 3 rings (SSSR count). The molecule has 130 valence electrons. The van der Waals surface area contributed by atoms with E-state index < -0.39 is 18.2 Å². The number of aromatic nitrogens is 2. The van der Waals surface area contributed by atoms with Crippen molar-refractivity contribution >= 4 is 44.5 Å². The average molecular weight is 434 g/mol. The summed E-state index contributed by atoms with van der Waals surface area (Å²) >= 11 is 9.02. The summed E-state index contributed by atoms with van der Waals surface area (Å²) in [6, 6.07) is 6.70. The Kier molecular flexibility index (Phi) is 4.75. The molecule has 2 heterocycles. The van der Waals surface area contributed by atoms with Gasteiger partial charge in [0.1, 0.15) is 5.65 Å². The number of halogens is 5. The van der Waals surface area contributed by atoms with Crippen LogP contribution in [0.15, 0.2) is 47.2 Å². The third-order valence-electron chi connectivity index (χ3n) is 3.45. The standard InChI is InChI=1S/C16H9BrClF3N2O2/c17-8-1-2-11(12(18)7-8)13(16(19,20)21)25-15(24)10-4-6-23-14-9(10)3-5-22-14/h1-7,13H,(H,22,23). The minimum absolute atomic E-state index is 0.0197. The fraction of sp³-hybridized carbons (Fsp3) is 0.125. The van der Waals surface area contributed by atoms with Gasteiger partial charge in [0.25, 0.3) is 0 Å². The quantitative estimate of drug-likeness (QED) is 0.560. The summed E-state index contributed by atoms with van der Waals surface area (Å²) in [5.74, 6) is -1.12. The number of fused-ring (bicyclic) bond motifs is 1. The van der Waals surface area contributed by atoms with Crippen molar-refractivity contribution in [1.29, 1.82) is 0 Å². The van der Waals surface area contributed by atoms with Crippen LogP contribution in [0.25, 0.3) is 11.0 Å². The molecule has 0 spiro atoms. The van der Waals surface area contributed by atoms with E-state index in [2.05, 4.69) is 25.9 Å². The monoisotopic (exact) mass is 432 g/mol. The molecule has 0 amide bonds. The molecule has 1 atom stereocenters. The van der Waals surface area contributed by atoms with Crippen molar-refractivity contribution in [2.24, 2.45) is 0 Å². The van der Waals surface area contributed by atoms with Crippen LogP contribution in [0.2, 0.25) is 5.02 Å². The number of ether oxygens (including phenoxy) is 1. The molecule has 1 aromatic carbocycles. The van der Waals surface area contributed by atoms with Crippen molar-refractivity contribution in [3.63, 3.8) is 0 Å². The second kappa shape index (κ2) is 6.68. The van der Waals surface area contributed by atoms with Crippen LogP contribution in [0.1, 0.15) is 22.0 Å². The molecule has 4 nitrogen and oxygen atoms in total. The number of aromatic amines is 1. The lowest BCUT2D eigenvalue weighted by molar-refractivity contribution is -0.207. The highest BCUT2D eigenvalue weighted by Crippen LogP contribution is 2.40. The van der Waals surface area contributed by atoms with E-state index in [0.29, 0.717) is 15.5 Å². The van der Waals surface area contributed by atoms with Crippen molar-refractivity contribution in [2.45, 2.75) is 12.3 Å². The maximum atomic E-state index is 13.5. The highest BCUT2D eigenvalue weighted by Gasteiger charge is 2.45. The second-order valence-corrected chi connectivity index (χ2v) is 6.41. The van der Waals surface area contributed by atoms with Crippen molar-refractivity contribution in [2.75, 3.05) is 0 Å². The Balaban J connectivity index is 1.98. The number of esters is 1. The Morgan fingerprint density at radius 3 is 2.72 bits per heavy atom. The normalized spacial score (nSPS) is 13.0. The maximum Gasteiger partial charge on any atom is 0.429 e. The van der Waals surface area contributed by atoms with Crippen molar-refractivity contribution in [1.82, 2.24) is 9.97 Å². The van der Waals surface area contributed by atoms with Crippen LogP contribution in [0.5, 0.6) is 0 Å². The number of pyridine rings is 1. The molecule has 1 N–H and O–H groups in total. The van der Waals surface area contributed by atoms with Gasteiger partial charge in [-0.2, -0.15) is 13.2 Å². The lowest BCUT2D eigenvalue weighted by Crippen LogP contribution is -2.26. The molecule has 0 aliphatic rings. The van der Waals surface area contributed by atoms with Gasteiger partial charge < -0.3 is 9.72 Å². The summed E-state index contributed by atoms with van der Waals surface area (Å²) in [7, 11) is 0. The summed E-state index contributed by atoms with van der Waals surface area (Å²) in [6.45, 7) is 0. The molecule has 0 saturated heterocycles. The number of alkyl halides is 3. The van der Waals surface area contributed by atoms with Crippen LogP contribution in [0, 0.1) is 0 Å². The first-order valence-electron chi connectivity index (χ1n) is 6.92. The molecule has 0 aliphatic heterocycles. The summed E-state index contributed by atoms with van der Waals surface area (Å²) < 4.78 is 45.6. The van der Waals surface area contributed by atoms with Gasteiger partial charge in [-0.05, 0) is 24.3 Å². The fourth-order valence-electron chi connectivity index (χ4n) is 2.33. The Hall–Kier alpha value is -2.06. The lowest BCUT2D eigenvalue weighted by atomic mass is 10.1. The first-order valence-corrected chi connectivity index (χ1v) is 8.09. The number of hydrogen-bond donors (Lipinski definition) is 1. The van der Waals surface area contributed by atoms with Gasteiger partial charge in [0.15, 0.2) is 0 Å². The van der Waals surface area contributed by atoms with Gasteiger partial charge in [-0.3, -0.25) is 0 Å². The zero-order valence-electron chi connectivity index (χ0n) is 12.3. The number of hydrogen-bond acceptors (Lipinski definition) is 3. The largest absolute Gasteiger partial charge is 0.444 e. The number of benzene rings is 1. The fourth-order valence-corrected chi connectivity index (χ4v) is 3.10. The molecule has 25 heavy (non-hydrogen) atoms. The van der Waals surface area contributed by atoms with Gasteiger partial charge in [-0.25, -0.2) is 9.78 Å². The SMILES string of the molecule is O=C(OC(c1ccc(Br)cc1Cl)C(F)(F)F)c1ccnc2[nH]ccc12. The van der Waals surface area contributed by atoms with Crippen LogP contribution in [0.3, 0.4) is 0 Å². The van der Waals surface area contributed by atoms with Gasteiger partial charge in [0.2, 0.25) is 6.10 Å². The van der Waals surface area contributed by atoms with E-state index in [1.165, 1.54) is 36.7 Å². The first kappa shape index (κ1) is 17.8. The molecule has 0 saturated carbocycles. The molecular formula is C16H9BrClF3N2O2. The van der Waals surface area contributed by atoms with Crippen LogP contribution >= 0.6 is 27.5 Å². The van der Waals surface area contributed by atoms with Gasteiger partial charge in [0, 0.05) is 32.8 Å². The summed E-state index contributed by atoms with van der Waals surface area (Å²) in [5.41, 5.74) is 0.0125. The van der Waals surface area contributed by atoms with E-state index in [1.54, 1.807) is 0 Å². The van der Waals surface area contributed by atoms with Crippen molar-refractivity contribution in [3.05, 3.63) is 63.3 Å². The van der Waals surface area contributed by atoms with Crippen LogP contribution in [0.4, 0.5) is 13.2 Å². The predicted octanol–water partition coefficient (Wildman–Crippen LogP) is 5.44. The maximum absolute atomic E-state index is 13.5. The number of carbonyl (C=O) groups excluding carboxylic acids is 1. The van der Waals surface area contributed by atoms with Crippen LogP contribution < -0.4 is 0 Å². The molecule has 1 unspecified atom stereocenters. The number of nitrogens with zero attached hydrogens (tertiary/aromatic N) is 1. The van der Waals surface area contributed by atoms with Gasteiger partial charge in [-0.15, -0.1) is 0 Å². The number of carbonyl (C=O) groups is 1. The highest BCUT2D eigenvalue weighted by atomic mass is 79.9. The summed E-state index contributed by atoms with van der Waals surface area (Å²) in [4.78, 5) is 19.1. The highest BCUT2D eigenvalue weighted by molar-refractivity contribution is 9.10. The van der Waals surface area contributed by atoms with E-state index in [-0.39, 0.29) is 16.1 Å². The topological polar surface area (TPSA) is 55.0 Å². The van der Waals surface area contributed by atoms with Crippen molar-refractivity contribution < 1.29 is 22.7 Å². The van der Waals surface area contributed by atoms with E-state index >= 15 is 0 Å². The first-order chi connectivity index (χ1) is 11.8. The Bertz CT molecular complexity index is 943. The molecule has 0 radical (unpaired) electrons. The second-order valence-electron chi connectivity index (χ2n) is 5.09. The van der Waals surface area contributed by atoms with E-state index in [0.717, 1.165) is 6.07 Å². The minimum Gasteiger partial charge on any atom is -0.444 e. The van der Waals surface area contributed by atoms with Crippen LogP contribution in [-0.4, -0.2) is 22.1 Å². The molecule has 0 fully saturated rings. The zero-order valence-corrected chi connectivity index (χ0v) is 14.6. The number of H-pyrrole nitrogens is 1. The number of nitrogens with one attached hydrogen (secondary N) is 1. The van der Waals surface area contributed by atoms with E-state index in [4.69, 9.17) is 16.3 Å². The third kappa shape index (κ3) is 3.64. The third-order valence-corrected chi connectivity index (χ3v) is 4.27. The predicted molar refractivity (Wildman–Crippen MR) is 89.5 cm³/mol.